The summed E-state index contributed by atoms with van der Waals surface area (Å²) >= 11 is 0. The molecule has 1 aromatic heterocycles. The molecule has 0 aliphatic rings. The van der Waals surface area contributed by atoms with E-state index in [1.54, 1.807) is 26.4 Å². The van der Waals surface area contributed by atoms with Crippen LogP contribution in [0.1, 0.15) is 5.56 Å². The highest BCUT2D eigenvalue weighted by Gasteiger charge is 2.17. The maximum Gasteiger partial charge on any atom is 0.166 e. The number of methoxy groups -OCH3 is 2. The van der Waals surface area contributed by atoms with Gasteiger partial charge in [-0.25, -0.2) is 4.39 Å². The van der Waals surface area contributed by atoms with Crippen molar-refractivity contribution >= 4 is 5.82 Å². The minimum atomic E-state index is -0.449. The monoisotopic (exact) mass is 265 g/mol. The summed E-state index contributed by atoms with van der Waals surface area (Å²) in [6, 6.07) is 3.18. The zero-order valence-corrected chi connectivity index (χ0v) is 11.1. The minimum Gasteiger partial charge on any atom is -0.493 e. The summed E-state index contributed by atoms with van der Waals surface area (Å²) in [7, 11) is 4.70. The molecule has 0 aliphatic carbocycles. The number of hydrogen-bond donors (Lipinski definition) is 1. The highest BCUT2D eigenvalue weighted by Crippen LogP contribution is 2.36. The van der Waals surface area contributed by atoms with Gasteiger partial charge in [-0.3, -0.25) is 4.68 Å². The number of benzene rings is 1. The predicted molar refractivity (Wildman–Crippen MR) is 70.3 cm³/mol. The van der Waals surface area contributed by atoms with Gasteiger partial charge in [0.2, 0.25) is 0 Å². The van der Waals surface area contributed by atoms with Crippen LogP contribution in [0.2, 0.25) is 0 Å². The molecule has 0 bridgehead atoms. The minimum absolute atomic E-state index is 0.152. The van der Waals surface area contributed by atoms with Gasteiger partial charge in [-0.2, -0.15) is 5.10 Å². The smallest absolute Gasteiger partial charge is 0.166 e. The molecule has 1 aromatic carbocycles. The van der Waals surface area contributed by atoms with Gasteiger partial charge in [0.25, 0.3) is 0 Å². The van der Waals surface area contributed by atoms with Crippen LogP contribution in [0.4, 0.5) is 10.2 Å². The molecule has 102 valence electrons. The Morgan fingerprint density at radius 3 is 2.58 bits per heavy atom. The summed E-state index contributed by atoms with van der Waals surface area (Å²) in [6.07, 6.45) is 1.59. The van der Waals surface area contributed by atoms with Crippen LogP contribution in [-0.2, 0) is 18.4 Å². The van der Waals surface area contributed by atoms with Crippen molar-refractivity contribution in [2.75, 3.05) is 20.0 Å². The maximum atomic E-state index is 14.0. The summed E-state index contributed by atoms with van der Waals surface area (Å²) in [5, 5.41) is 4.06. The van der Waals surface area contributed by atoms with Gasteiger partial charge in [0.15, 0.2) is 11.6 Å². The number of rotatable bonds is 4. The van der Waals surface area contributed by atoms with Gasteiger partial charge in [-0.05, 0) is 17.7 Å². The number of aromatic nitrogens is 2. The largest absolute Gasteiger partial charge is 0.493 e. The highest BCUT2D eigenvalue weighted by atomic mass is 19.1. The second kappa shape index (κ2) is 5.27. The Balaban J connectivity index is 2.62. The van der Waals surface area contributed by atoms with Crippen molar-refractivity contribution in [3.8, 4) is 16.9 Å². The molecule has 0 saturated heterocycles. The lowest BCUT2D eigenvalue weighted by Crippen LogP contribution is -2.00. The summed E-state index contributed by atoms with van der Waals surface area (Å²) in [5.74, 6) is 0.155. The summed E-state index contributed by atoms with van der Waals surface area (Å²) < 4.78 is 25.7. The van der Waals surface area contributed by atoms with E-state index in [-0.39, 0.29) is 5.75 Å². The molecule has 0 radical (unpaired) electrons. The van der Waals surface area contributed by atoms with Gasteiger partial charge in [-0.1, -0.05) is 0 Å². The zero-order chi connectivity index (χ0) is 14.0. The molecule has 2 rings (SSSR count). The molecule has 0 amide bonds. The van der Waals surface area contributed by atoms with E-state index >= 15 is 0 Å². The molecule has 6 heteroatoms. The van der Waals surface area contributed by atoms with Crippen molar-refractivity contribution in [1.29, 1.82) is 0 Å². The third-order valence-electron chi connectivity index (χ3n) is 2.89. The Labute approximate surface area is 110 Å². The second-order valence-corrected chi connectivity index (χ2v) is 4.16. The summed E-state index contributed by atoms with van der Waals surface area (Å²) in [4.78, 5) is 0. The van der Waals surface area contributed by atoms with Crippen molar-refractivity contribution in [2.45, 2.75) is 6.61 Å². The van der Waals surface area contributed by atoms with Crippen molar-refractivity contribution in [2.24, 2.45) is 7.05 Å². The van der Waals surface area contributed by atoms with Crippen molar-refractivity contribution in [3.63, 3.8) is 0 Å². The van der Waals surface area contributed by atoms with Crippen LogP contribution in [-0.4, -0.2) is 24.0 Å². The van der Waals surface area contributed by atoms with E-state index in [2.05, 4.69) is 5.10 Å². The normalized spacial score (nSPS) is 10.7. The van der Waals surface area contributed by atoms with Crippen LogP contribution in [0.15, 0.2) is 18.3 Å². The van der Waals surface area contributed by atoms with E-state index < -0.39 is 5.82 Å². The lowest BCUT2D eigenvalue weighted by molar-refractivity contribution is 0.184. The third kappa shape index (κ3) is 2.39. The van der Waals surface area contributed by atoms with E-state index in [9.17, 15) is 4.39 Å². The van der Waals surface area contributed by atoms with E-state index in [0.29, 0.717) is 29.1 Å². The fourth-order valence-corrected chi connectivity index (χ4v) is 1.96. The number of halogens is 1. The number of nitrogen functional groups attached to an aromatic ring is 1. The van der Waals surface area contributed by atoms with Gasteiger partial charge >= 0.3 is 0 Å². The maximum absolute atomic E-state index is 14.0. The Kier molecular flexibility index (Phi) is 3.71. The number of nitrogens with two attached hydrogens (primary N) is 1. The highest BCUT2D eigenvalue weighted by molar-refractivity contribution is 5.79. The zero-order valence-electron chi connectivity index (χ0n) is 11.1. The second-order valence-electron chi connectivity index (χ2n) is 4.16. The van der Waals surface area contributed by atoms with Gasteiger partial charge in [0.1, 0.15) is 5.82 Å². The average molecular weight is 265 g/mol. The molecule has 5 nitrogen and oxygen atoms in total. The fraction of sp³-hybridized carbons (Fsp3) is 0.308. The number of aryl methyl sites for hydroxylation is 1. The van der Waals surface area contributed by atoms with E-state index in [1.165, 1.54) is 17.9 Å². The molecule has 0 aliphatic heterocycles. The van der Waals surface area contributed by atoms with Gasteiger partial charge in [-0.15, -0.1) is 0 Å². The van der Waals surface area contributed by atoms with E-state index in [0.717, 1.165) is 0 Å². The first kappa shape index (κ1) is 13.4. The van der Waals surface area contributed by atoms with Crippen LogP contribution in [0.25, 0.3) is 11.1 Å². The summed E-state index contributed by atoms with van der Waals surface area (Å²) in [6.45, 7) is 0.314. The first-order valence-electron chi connectivity index (χ1n) is 5.71. The third-order valence-corrected chi connectivity index (χ3v) is 2.89. The van der Waals surface area contributed by atoms with Crippen molar-refractivity contribution < 1.29 is 13.9 Å². The lowest BCUT2D eigenvalue weighted by Gasteiger charge is -2.11. The van der Waals surface area contributed by atoms with Crippen molar-refractivity contribution in [3.05, 3.63) is 29.7 Å². The van der Waals surface area contributed by atoms with E-state index in [1.807, 2.05) is 0 Å². The summed E-state index contributed by atoms with van der Waals surface area (Å²) in [5.41, 5.74) is 7.84. The molecule has 2 aromatic rings. The first-order chi connectivity index (χ1) is 9.08. The lowest BCUT2D eigenvalue weighted by atomic mass is 10.0. The molecule has 0 saturated carbocycles. The SMILES string of the molecule is COCc1cc(F)c(OC)c(-c2cnn(C)c2N)c1. The Morgan fingerprint density at radius 2 is 2.05 bits per heavy atom. The molecule has 0 fully saturated rings. The number of hydrogen-bond acceptors (Lipinski definition) is 4. The Hall–Kier alpha value is -2.08. The fourth-order valence-electron chi connectivity index (χ4n) is 1.96. The Morgan fingerprint density at radius 1 is 1.32 bits per heavy atom. The molecule has 0 spiro atoms. The Bertz CT molecular complexity index is 596. The van der Waals surface area contributed by atoms with E-state index in [4.69, 9.17) is 15.2 Å². The molecule has 2 N–H and O–H groups in total. The average Bonchev–Trinajstić information content (AvgIpc) is 2.70. The number of anilines is 1. The quantitative estimate of drug-likeness (QED) is 0.918. The molecule has 1 heterocycles. The van der Waals surface area contributed by atoms with Crippen molar-refractivity contribution in [1.82, 2.24) is 9.78 Å². The predicted octanol–water partition coefficient (Wildman–Crippen LogP) is 1.96. The van der Waals surface area contributed by atoms with Crippen LogP contribution >= 0.6 is 0 Å². The molecular weight excluding hydrogens is 249 g/mol. The van der Waals surface area contributed by atoms with Gasteiger partial charge < -0.3 is 15.2 Å². The molecule has 0 unspecified atom stereocenters. The number of ether oxygens (including phenoxy) is 2. The topological polar surface area (TPSA) is 62.3 Å². The molecule has 19 heavy (non-hydrogen) atoms. The molecular formula is C13H16FN3O2. The van der Waals surface area contributed by atoms with Crippen LogP contribution in [0.3, 0.4) is 0 Å². The van der Waals surface area contributed by atoms with Gasteiger partial charge in [0.05, 0.1) is 19.9 Å². The first-order valence-corrected chi connectivity index (χ1v) is 5.71. The van der Waals surface area contributed by atoms with Gasteiger partial charge in [0, 0.05) is 25.3 Å². The van der Waals surface area contributed by atoms with Crippen LogP contribution in [0.5, 0.6) is 5.75 Å². The molecule has 0 atom stereocenters. The van der Waals surface area contributed by atoms with Crippen LogP contribution in [0, 0.1) is 5.82 Å². The van der Waals surface area contributed by atoms with Crippen LogP contribution < -0.4 is 10.5 Å². The standard InChI is InChI=1S/C13H16FN3O2/c1-17-13(15)10(6-16-17)9-4-8(7-18-2)5-11(14)12(9)19-3/h4-6H,7,15H2,1-3H3. The number of nitrogens with zero attached hydrogens (tertiary/aromatic N) is 2.